The fraction of sp³-hybridized carbons (Fsp3) is 0.182. The molecular formula is C11H11N3O2S. The number of hydrogen-bond acceptors (Lipinski definition) is 5. The summed E-state index contributed by atoms with van der Waals surface area (Å²) in [6, 6.07) is 6.70. The topological polar surface area (TPSA) is 89.1 Å². The molecule has 2 aromatic rings. The molecule has 0 saturated carbocycles. The molecule has 0 saturated heterocycles. The molecule has 1 heterocycles. The number of benzene rings is 1. The first kappa shape index (κ1) is 11.8. The molecule has 2 rings (SSSR count). The summed E-state index contributed by atoms with van der Waals surface area (Å²) in [7, 11) is 0. The highest BCUT2D eigenvalue weighted by molar-refractivity contribution is 7.99. The Morgan fingerprint density at radius 2 is 2.18 bits per heavy atom. The summed E-state index contributed by atoms with van der Waals surface area (Å²) in [5, 5.41) is 10.4. The van der Waals surface area contributed by atoms with Gasteiger partial charge >= 0.3 is 5.97 Å². The second-order valence-electron chi connectivity index (χ2n) is 3.45. The molecule has 0 radical (unpaired) electrons. The van der Waals surface area contributed by atoms with E-state index in [-0.39, 0.29) is 5.75 Å². The SMILES string of the molecule is N[C@@H](CSc1ncnc2ccccc12)C(=O)O. The molecule has 88 valence electrons. The predicted molar refractivity (Wildman–Crippen MR) is 65.9 cm³/mol. The Kier molecular flexibility index (Phi) is 3.55. The molecule has 0 aliphatic rings. The van der Waals surface area contributed by atoms with Crippen LogP contribution in [0.25, 0.3) is 10.9 Å². The fourth-order valence-electron chi connectivity index (χ4n) is 1.34. The van der Waals surface area contributed by atoms with Crippen molar-refractivity contribution in [1.29, 1.82) is 0 Å². The monoisotopic (exact) mass is 249 g/mol. The smallest absolute Gasteiger partial charge is 0.321 e. The summed E-state index contributed by atoms with van der Waals surface area (Å²) < 4.78 is 0. The Morgan fingerprint density at radius 1 is 1.41 bits per heavy atom. The van der Waals surface area contributed by atoms with Crippen LogP contribution in [-0.4, -0.2) is 32.8 Å². The molecule has 17 heavy (non-hydrogen) atoms. The van der Waals surface area contributed by atoms with Crippen LogP contribution in [0.2, 0.25) is 0 Å². The van der Waals surface area contributed by atoms with Gasteiger partial charge in [0.05, 0.1) is 5.52 Å². The van der Waals surface area contributed by atoms with Gasteiger partial charge in [0.1, 0.15) is 17.4 Å². The van der Waals surface area contributed by atoms with E-state index in [2.05, 4.69) is 9.97 Å². The van der Waals surface area contributed by atoms with E-state index in [1.165, 1.54) is 18.1 Å². The van der Waals surface area contributed by atoms with E-state index in [0.29, 0.717) is 0 Å². The van der Waals surface area contributed by atoms with Gasteiger partial charge in [0.15, 0.2) is 0 Å². The van der Waals surface area contributed by atoms with Crippen molar-refractivity contribution in [3.63, 3.8) is 0 Å². The van der Waals surface area contributed by atoms with Crippen LogP contribution in [0.15, 0.2) is 35.6 Å². The minimum Gasteiger partial charge on any atom is -0.480 e. The summed E-state index contributed by atoms with van der Waals surface area (Å²) in [6.07, 6.45) is 1.47. The van der Waals surface area contributed by atoms with Crippen molar-refractivity contribution < 1.29 is 9.90 Å². The molecule has 0 fully saturated rings. The molecule has 0 spiro atoms. The van der Waals surface area contributed by atoms with Crippen molar-refractivity contribution in [3.05, 3.63) is 30.6 Å². The molecular weight excluding hydrogens is 238 g/mol. The number of aliphatic carboxylic acids is 1. The first-order valence-electron chi connectivity index (χ1n) is 4.99. The highest BCUT2D eigenvalue weighted by Crippen LogP contribution is 2.24. The predicted octanol–water partition coefficient (Wildman–Crippen LogP) is 1.13. The van der Waals surface area contributed by atoms with Gasteiger partial charge in [0.2, 0.25) is 0 Å². The van der Waals surface area contributed by atoms with Crippen LogP contribution < -0.4 is 5.73 Å². The zero-order valence-corrected chi connectivity index (χ0v) is 9.72. The Morgan fingerprint density at radius 3 is 2.94 bits per heavy atom. The number of carbonyl (C=O) groups is 1. The number of thioether (sulfide) groups is 1. The Bertz CT molecular complexity index is 542. The van der Waals surface area contributed by atoms with Crippen LogP contribution in [0.1, 0.15) is 0 Å². The van der Waals surface area contributed by atoms with Gasteiger partial charge in [0, 0.05) is 11.1 Å². The standard InChI is InChI=1S/C11H11N3O2S/c12-8(11(15)16)5-17-10-7-3-1-2-4-9(7)13-6-14-10/h1-4,6,8H,5,12H2,(H,15,16)/t8-/m0/s1. The van der Waals surface area contributed by atoms with E-state index in [9.17, 15) is 4.79 Å². The maximum absolute atomic E-state index is 10.6. The largest absolute Gasteiger partial charge is 0.480 e. The van der Waals surface area contributed by atoms with E-state index in [1.54, 1.807) is 0 Å². The number of para-hydroxylation sites is 1. The van der Waals surface area contributed by atoms with Crippen molar-refractivity contribution in [2.45, 2.75) is 11.1 Å². The summed E-state index contributed by atoms with van der Waals surface area (Å²) in [5.74, 6) is -0.716. The van der Waals surface area contributed by atoms with E-state index in [4.69, 9.17) is 10.8 Å². The summed E-state index contributed by atoms with van der Waals surface area (Å²) in [5.41, 5.74) is 6.29. The second kappa shape index (κ2) is 5.11. The van der Waals surface area contributed by atoms with Gasteiger partial charge in [-0.25, -0.2) is 9.97 Å². The molecule has 1 aromatic carbocycles. The lowest BCUT2D eigenvalue weighted by Crippen LogP contribution is -2.32. The van der Waals surface area contributed by atoms with Crippen molar-refractivity contribution >= 4 is 28.6 Å². The van der Waals surface area contributed by atoms with Crippen molar-refractivity contribution in [2.75, 3.05) is 5.75 Å². The molecule has 0 aliphatic carbocycles. The number of nitrogens with two attached hydrogens (primary N) is 1. The number of aromatic nitrogens is 2. The lowest BCUT2D eigenvalue weighted by Gasteiger charge is -2.07. The molecule has 0 amide bonds. The number of carboxylic acid groups (broad SMARTS) is 1. The van der Waals surface area contributed by atoms with Gasteiger partial charge in [-0.3, -0.25) is 4.79 Å². The third kappa shape index (κ3) is 2.72. The summed E-state index contributed by atoms with van der Waals surface area (Å²) in [6.45, 7) is 0. The van der Waals surface area contributed by atoms with E-state index in [0.717, 1.165) is 15.9 Å². The fourth-order valence-corrected chi connectivity index (χ4v) is 2.26. The molecule has 0 aliphatic heterocycles. The number of hydrogen-bond donors (Lipinski definition) is 2. The first-order chi connectivity index (χ1) is 8.18. The molecule has 1 atom stereocenters. The third-order valence-electron chi connectivity index (χ3n) is 2.22. The average molecular weight is 249 g/mol. The van der Waals surface area contributed by atoms with Crippen LogP contribution in [0.5, 0.6) is 0 Å². The van der Waals surface area contributed by atoms with Gasteiger partial charge in [-0.1, -0.05) is 18.2 Å². The van der Waals surface area contributed by atoms with Crippen LogP contribution in [-0.2, 0) is 4.79 Å². The number of nitrogens with zero attached hydrogens (tertiary/aromatic N) is 2. The maximum Gasteiger partial charge on any atom is 0.321 e. The van der Waals surface area contributed by atoms with Gasteiger partial charge < -0.3 is 10.8 Å². The zero-order valence-electron chi connectivity index (χ0n) is 8.91. The Balaban J connectivity index is 2.21. The van der Waals surface area contributed by atoms with E-state index < -0.39 is 12.0 Å². The highest BCUT2D eigenvalue weighted by atomic mass is 32.2. The molecule has 0 bridgehead atoms. The molecule has 6 heteroatoms. The number of fused-ring (bicyclic) bond motifs is 1. The minimum absolute atomic E-state index is 0.288. The van der Waals surface area contributed by atoms with Gasteiger partial charge in [0.25, 0.3) is 0 Å². The van der Waals surface area contributed by atoms with Gasteiger partial charge in [-0.05, 0) is 6.07 Å². The van der Waals surface area contributed by atoms with E-state index in [1.807, 2.05) is 24.3 Å². The average Bonchev–Trinajstić information content (AvgIpc) is 2.35. The lowest BCUT2D eigenvalue weighted by atomic mass is 10.2. The lowest BCUT2D eigenvalue weighted by molar-refractivity contribution is -0.137. The molecule has 1 aromatic heterocycles. The van der Waals surface area contributed by atoms with Gasteiger partial charge in [-0.15, -0.1) is 11.8 Å². The summed E-state index contributed by atoms with van der Waals surface area (Å²) in [4.78, 5) is 18.9. The third-order valence-corrected chi connectivity index (χ3v) is 3.35. The number of rotatable bonds is 4. The highest BCUT2D eigenvalue weighted by Gasteiger charge is 2.13. The van der Waals surface area contributed by atoms with Crippen molar-refractivity contribution in [1.82, 2.24) is 9.97 Å². The zero-order chi connectivity index (χ0) is 12.3. The van der Waals surface area contributed by atoms with E-state index >= 15 is 0 Å². The summed E-state index contributed by atoms with van der Waals surface area (Å²) >= 11 is 1.33. The Labute approximate surface area is 102 Å². The quantitative estimate of drug-likeness (QED) is 0.623. The molecule has 0 unspecified atom stereocenters. The van der Waals surface area contributed by atoms with Crippen LogP contribution >= 0.6 is 11.8 Å². The molecule has 3 N–H and O–H groups in total. The Hall–Kier alpha value is -1.66. The van der Waals surface area contributed by atoms with Crippen molar-refractivity contribution in [2.24, 2.45) is 5.73 Å². The van der Waals surface area contributed by atoms with Crippen LogP contribution in [0.4, 0.5) is 0 Å². The van der Waals surface area contributed by atoms with Gasteiger partial charge in [-0.2, -0.15) is 0 Å². The maximum atomic E-state index is 10.6. The minimum atomic E-state index is -1.00. The first-order valence-corrected chi connectivity index (χ1v) is 5.98. The van der Waals surface area contributed by atoms with Crippen LogP contribution in [0.3, 0.4) is 0 Å². The normalized spacial score (nSPS) is 12.5. The number of carboxylic acids is 1. The van der Waals surface area contributed by atoms with Crippen LogP contribution in [0, 0.1) is 0 Å². The molecule has 5 nitrogen and oxygen atoms in total. The second-order valence-corrected chi connectivity index (χ2v) is 4.46. The van der Waals surface area contributed by atoms with Crippen molar-refractivity contribution in [3.8, 4) is 0 Å².